The molecule has 0 spiro atoms. The second-order valence-corrected chi connectivity index (χ2v) is 6.01. The molecule has 2 aromatic rings. The van der Waals surface area contributed by atoms with E-state index in [0.717, 1.165) is 16.9 Å². The van der Waals surface area contributed by atoms with Crippen LogP contribution in [0.5, 0.6) is 5.75 Å². The van der Waals surface area contributed by atoms with Gasteiger partial charge in [-0.1, -0.05) is 24.3 Å². The van der Waals surface area contributed by atoms with E-state index in [1.54, 1.807) is 12.1 Å². The topological polar surface area (TPSA) is 41.6 Å². The van der Waals surface area contributed by atoms with E-state index in [4.69, 9.17) is 4.74 Å². The summed E-state index contributed by atoms with van der Waals surface area (Å²) in [6, 6.07) is 13.7. The van der Waals surface area contributed by atoms with E-state index in [0.29, 0.717) is 19.7 Å². The van der Waals surface area contributed by atoms with Gasteiger partial charge in [0, 0.05) is 13.1 Å². The van der Waals surface area contributed by atoms with E-state index in [1.807, 2.05) is 50.1 Å². The lowest BCUT2D eigenvalue weighted by Gasteiger charge is -2.24. The number of nitrogens with zero attached hydrogens (tertiary/aromatic N) is 1. The van der Waals surface area contributed by atoms with Gasteiger partial charge in [0.05, 0.1) is 12.6 Å². The molecular formula is C20H25FN2O2. The fraction of sp³-hybridized carbons (Fsp3) is 0.350. The summed E-state index contributed by atoms with van der Waals surface area (Å²) in [5, 5.41) is 2.89. The number of likely N-dealkylation sites (N-methyl/N-ethyl adjacent to an activating group) is 1. The van der Waals surface area contributed by atoms with Crippen LogP contribution in [-0.2, 0) is 17.9 Å². The number of hydrogen-bond donors (Lipinski definition) is 1. The molecule has 0 saturated carbocycles. The first-order chi connectivity index (χ1) is 12.0. The lowest BCUT2D eigenvalue weighted by Crippen LogP contribution is -2.42. The van der Waals surface area contributed by atoms with Crippen LogP contribution >= 0.6 is 0 Å². The highest BCUT2D eigenvalue weighted by Gasteiger charge is 2.17. The number of rotatable bonds is 8. The van der Waals surface area contributed by atoms with Crippen molar-refractivity contribution in [1.82, 2.24) is 10.2 Å². The van der Waals surface area contributed by atoms with E-state index in [-0.39, 0.29) is 17.8 Å². The van der Waals surface area contributed by atoms with Gasteiger partial charge in [-0.15, -0.1) is 0 Å². The molecule has 0 bridgehead atoms. The number of benzene rings is 2. The quantitative estimate of drug-likeness (QED) is 0.798. The maximum absolute atomic E-state index is 12.9. The smallest absolute Gasteiger partial charge is 0.237 e. The summed E-state index contributed by atoms with van der Waals surface area (Å²) in [6.45, 7) is 5.52. The standard InChI is InChI=1S/C20H25FN2O2/c1-4-25-19-11-7-17(8-12-19)14-23(3)15(2)20(24)22-13-16-5-9-18(21)10-6-16/h5-12,15H,4,13-14H2,1-3H3,(H,22,24)/t15-/m1/s1. The van der Waals surface area contributed by atoms with Crippen LogP contribution in [-0.4, -0.2) is 30.5 Å². The van der Waals surface area contributed by atoms with Crippen LogP contribution in [0.25, 0.3) is 0 Å². The molecule has 0 heterocycles. The lowest BCUT2D eigenvalue weighted by atomic mass is 10.1. The molecule has 134 valence electrons. The average Bonchev–Trinajstić information content (AvgIpc) is 2.62. The predicted molar refractivity (Wildman–Crippen MR) is 96.8 cm³/mol. The maximum atomic E-state index is 12.9. The third kappa shape index (κ3) is 5.87. The lowest BCUT2D eigenvalue weighted by molar-refractivity contribution is -0.125. The number of ether oxygens (including phenoxy) is 1. The van der Waals surface area contributed by atoms with Gasteiger partial charge in [-0.2, -0.15) is 0 Å². The Morgan fingerprint density at radius 1 is 1.12 bits per heavy atom. The minimum absolute atomic E-state index is 0.0576. The summed E-state index contributed by atoms with van der Waals surface area (Å²) in [5.41, 5.74) is 1.99. The second kappa shape index (κ2) is 9.18. The Kier molecular flexibility index (Phi) is 6.95. The molecule has 0 unspecified atom stereocenters. The molecule has 0 aliphatic carbocycles. The van der Waals surface area contributed by atoms with Crippen molar-refractivity contribution >= 4 is 5.91 Å². The Balaban J connectivity index is 1.84. The van der Waals surface area contributed by atoms with Crippen LogP contribution in [0.1, 0.15) is 25.0 Å². The first-order valence-electron chi connectivity index (χ1n) is 8.43. The molecule has 0 aliphatic heterocycles. The zero-order chi connectivity index (χ0) is 18.2. The number of halogens is 1. The van der Waals surface area contributed by atoms with Gasteiger partial charge in [0.1, 0.15) is 11.6 Å². The summed E-state index contributed by atoms with van der Waals surface area (Å²) < 4.78 is 18.3. The molecule has 0 radical (unpaired) electrons. The normalized spacial score (nSPS) is 12.0. The molecule has 0 fully saturated rings. The summed E-state index contributed by atoms with van der Waals surface area (Å²) in [5.74, 6) is 0.510. The molecule has 0 aromatic heterocycles. The molecule has 1 N–H and O–H groups in total. The fourth-order valence-corrected chi connectivity index (χ4v) is 2.42. The van der Waals surface area contributed by atoms with Crippen LogP contribution in [0.4, 0.5) is 4.39 Å². The first kappa shape index (κ1) is 18.9. The molecule has 5 heteroatoms. The predicted octanol–water partition coefficient (Wildman–Crippen LogP) is 3.36. The number of carbonyl (C=O) groups is 1. The number of nitrogens with one attached hydrogen (secondary N) is 1. The molecular weight excluding hydrogens is 319 g/mol. The molecule has 25 heavy (non-hydrogen) atoms. The Hall–Kier alpha value is -2.40. The monoisotopic (exact) mass is 344 g/mol. The fourth-order valence-electron chi connectivity index (χ4n) is 2.42. The third-order valence-electron chi connectivity index (χ3n) is 4.09. The molecule has 0 saturated heterocycles. The van der Waals surface area contributed by atoms with Gasteiger partial charge >= 0.3 is 0 Å². The van der Waals surface area contributed by atoms with Crippen molar-refractivity contribution in [3.8, 4) is 5.75 Å². The zero-order valence-corrected chi connectivity index (χ0v) is 15.0. The molecule has 1 amide bonds. The summed E-state index contributed by atoms with van der Waals surface area (Å²) in [4.78, 5) is 14.3. The van der Waals surface area contributed by atoms with Gasteiger partial charge in [-0.05, 0) is 56.3 Å². The highest BCUT2D eigenvalue weighted by molar-refractivity contribution is 5.81. The molecule has 0 aliphatic rings. The Morgan fingerprint density at radius 3 is 2.32 bits per heavy atom. The average molecular weight is 344 g/mol. The summed E-state index contributed by atoms with van der Waals surface area (Å²) in [6.07, 6.45) is 0. The van der Waals surface area contributed by atoms with Crippen LogP contribution in [0.15, 0.2) is 48.5 Å². The van der Waals surface area contributed by atoms with E-state index >= 15 is 0 Å². The van der Waals surface area contributed by atoms with Crippen LogP contribution < -0.4 is 10.1 Å². The Morgan fingerprint density at radius 2 is 1.72 bits per heavy atom. The van der Waals surface area contributed by atoms with E-state index in [9.17, 15) is 9.18 Å². The zero-order valence-electron chi connectivity index (χ0n) is 15.0. The van der Waals surface area contributed by atoms with Crippen molar-refractivity contribution in [3.05, 3.63) is 65.5 Å². The van der Waals surface area contributed by atoms with Gasteiger partial charge in [0.2, 0.25) is 5.91 Å². The second-order valence-electron chi connectivity index (χ2n) is 6.01. The Bertz CT molecular complexity index is 671. The number of hydrogen-bond acceptors (Lipinski definition) is 3. The van der Waals surface area contributed by atoms with Crippen LogP contribution in [0, 0.1) is 5.82 Å². The van der Waals surface area contributed by atoms with Crippen molar-refractivity contribution < 1.29 is 13.9 Å². The number of amides is 1. The van der Waals surface area contributed by atoms with Crippen molar-refractivity contribution in [3.63, 3.8) is 0 Å². The SMILES string of the molecule is CCOc1ccc(CN(C)[C@H](C)C(=O)NCc2ccc(F)cc2)cc1. The van der Waals surface area contributed by atoms with Gasteiger partial charge in [-0.3, -0.25) is 9.69 Å². The molecule has 4 nitrogen and oxygen atoms in total. The van der Waals surface area contributed by atoms with E-state index in [1.165, 1.54) is 12.1 Å². The van der Waals surface area contributed by atoms with Gasteiger partial charge < -0.3 is 10.1 Å². The van der Waals surface area contributed by atoms with E-state index < -0.39 is 0 Å². The molecule has 2 aromatic carbocycles. The third-order valence-corrected chi connectivity index (χ3v) is 4.09. The molecule has 2 rings (SSSR count). The largest absolute Gasteiger partial charge is 0.494 e. The summed E-state index contributed by atoms with van der Waals surface area (Å²) in [7, 11) is 1.92. The minimum atomic E-state index is -0.279. The van der Waals surface area contributed by atoms with Gasteiger partial charge in [-0.25, -0.2) is 4.39 Å². The minimum Gasteiger partial charge on any atom is -0.494 e. The summed E-state index contributed by atoms with van der Waals surface area (Å²) >= 11 is 0. The number of carbonyl (C=O) groups excluding carboxylic acids is 1. The van der Waals surface area contributed by atoms with Crippen molar-refractivity contribution in [1.29, 1.82) is 0 Å². The first-order valence-corrected chi connectivity index (χ1v) is 8.43. The van der Waals surface area contributed by atoms with Crippen molar-refractivity contribution in [2.24, 2.45) is 0 Å². The maximum Gasteiger partial charge on any atom is 0.237 e. The highest BCUT2D eigenvalue weighted by atomic mass is 19.1. The van der Waals surface area contributed by atoms with Gasteiger partial charge in [0.15, 0.2) is 0 Å². The van der Waals surface area contributed by atoms with Crippen molar-refractivity contribution in [2.75, 3.05) is 13.7 Å². The van der Waals surface area contributed by atoms with Gasteiger partial charge in [0.25, 0.3) is 0 Å². The van der Waals surface area contributed by atoms with Crippen molar-refractivity contribution in [2.45, 2.75) is 33.0 Å². The van der Waals surface area contributed by atoms with E-state index in [2.05, 4.69) is 5.32 Å². The highest BCUT2D eigenvalue weighted by Crippen LogP contribution is 2.14. The molecule has 1 atom stereocenters. The van der Waals surface area contributed by atoms with Crippen LogP contribution in [0.2, 0.25) is 0 Å². The van der Waals surface area contributed by atoms with Crippen LogP contribution in [0.3, 0.4) is 0 Å². The Labute approximate surface area is 148 Å².